The molecule has 0 atom stereocenters. The van der Waals surface area contributed by atoms with E-state index in [2.05, 4.69) is 19.9 Å². The van der Waals surface area contributed by atoms with Crippen molar-refractivity contribution in [1.82, 2.24) is 0 Å². The molecule has 0 heterocycles. The van der Waals surface area contributed by atoms with Gasteiger partial charge in [0.05, 0.1) is 0 Å². The van der Waals surface area contributed by atoms with Gasteiger partial charge in [0.25, 0.3) is 0 Å². The summed E-state index contributed by atoms with van der Waals surface area (Å²) in [7, 11) is 0. The molecule has 0 aromatic heterocycles. The van der Waals surface area contributed by atoms with Crippen molar-refractivity contribution in [2.45, 2.75) is 32.6 Å². The van der Waals surface area contributed by atoms with E-state index in [0.717, 1.165) is 12.8 Å². The van der Waals surface area contributed by atoms with Crippen molar-refractivity contribution in [2.75, 3.05) is 0 Å². The molecule has 0 N–H and O–H groups in total. The zero-order chi connectivity index (χ0) is 6.24. The third kappa shape index (κ3) is 5.74. The lowest BCUT2D eigenvalue weighted by atomic mass is 10.2. The van der Waals surface area contributed by atoms with Crippen LogP contribution in [-0.4, -0.2) is 0 Å². The Hall–Kier alpha value is -0.260. The van der Waals surface area contributed by atoms with Crippen molar-refractivity contribution in [3.63, 3.8) is 0 Å². The largest absolute Gasteiger partial charge is 0.0811 e. The van der Waals surface area contributed by atoms with E-state index < -0.39 is 0 Å². The lowest BCUT2D eigenvalue weighted by Crippen LogP contribution is -1.66. The SMILES string of the molecule is [CH2]C/C=[C]/CCCC. The van der Waals surface area contributed by atoms with E-state index in [9.17, 15) is 0 Å². The number of hydrogen-bond acceptors (Lipinski definition) is 0. The van der Waals surface area contributed by atoms with Crippen LogP contribution in [0.25, 0.3) is 0 Å². The Morgan fingerprint density at radius 2 is 2.38 bits per heavy atom. The number of hydrogen-bond donors (Lipinski definition) is 0. The Bertz CT molecular complexity index is 53.1. The van der Waals surface area contributed by atoms with Crippen LogP contribution in [0.4, 0.5) is 0 Å². The fraction of sp³-hybridized carbons (Fsp3) is 0.625. The summed E-state index contributed by atoms with van der Waals surface area (Å²) in [6.07, 6.45) is 9.65. The van der Waals surface area contributed by atoms with Gasteiger partial charge in [0, 0.05) is 0 Å². The standard InChI is InChI=1S/C8H14/c1-3-5-7-8-6-4-2/h5H,1,3-4,6,8H2,2H3. The highest BCUT2D eigenvalue weighted by Crippen LogP contribution is 1.93. The summed E-state index contributed by atoms with van der Waals surface area (Å²) in [5.41, 5.74) is 0. The van der Waals surface area contributed by atoms with E-state index in [1.165, 1.54) is 12.8 Å². The zero-order valence-electron chi connectivity index (χ0n) is 5.61. The van der Waals surface area contributed by atoms with E-state index >= 15 is 0 Å². The molecule has 46 valence electrons. The van der Waals surface area contributed by atoms with Crippen LogP contribution in [-0.2, 0) is 0 Å². The average Bonchev–Trinajstić information content (AvgIpc) is 1.81. The number of unbranched alkanes of at least 4 members (excludes halogenated alkanes) is 2. The van der Waals surface area contributed by atoms with Gasteiger partial charge in [-0.15, -0.1) is 0 Å². The summed E-state index contributed by atoms with van der Waals surface area (Å²) in [5.74, 6) is 0. The molecule has 0 aromatic rings. The first-order valence-corrected chi connectivity index (χ1v) is 3.26. The van der Waals surface area contributed by atoms with Crippen molar-refractivity contribution in [3.05, 3.63) is 19.1 Å². The minimum absolute atomic E-state index is 0.879. The Balaban J connectivity index is 2.80. The fourth-order valence-corrected chi connectivity index (χ4v) is 0.483. The topological polar surface area (TPSA) is 0 Å². The fourth-order valence-electron chi connectivity index (χ4n) is 0.483. The van der Waals surface area contributed by atoms with Crippen LogP contribution in [0.2, 0.25) is 0 Å². The lowest BCUT2D eigenvalue weighted by molar-refractivity contribution is 0.802. The van der Waals surface area contributed by atoms with Gasteiger partial charge in [-0.2, -0.15) is 0 Å². The van der Waals surface area contributed by atoms with Crippen molar-refractivity contribution >= 4 is 0 Å². The van der Waals surface area contributed by atoms with Gasteiger partial charge < -0.3 is 0 Å². The molecular weight excluding hydrogens is 96.1 g/mol. The lowest BCUT2D eigenvalue weighted by Gasteiger charge is -1.84. The maximum Gasteiger partial charge on any atom is -0.0280 e. The highest BCUT2D eigenvalue weighted by atomic mass is 13.8. The molecule has 0 fully saturated rings. The van der Waals surface area contributed by atoms with Crippen molar-refractivity contribution < 1.29 is 0 Å². The van der Waals surface area contributed by atoms with Crippen molar-refractivity contribution in [3.8, 4) is 0 Å². The molecule has 0 aliphatic heterocycles. The predicted octanol–water partition coefficient (Wildman–Crippen LogP) is 2.76. The van der Waals surface area contributed by atoms with Crippen LogP contribution in [0.15, 0.2) is 6.08 Å². The van der Waals surface area contributed by atoms with E-state index in [-0.39, 0.29) is 0 Å². The van der Waals surface area contributed by atoms with E-state index in [0.29, 0.717) is 0 Å². The van der Waals surface area contributed by atoms with Gasteiger partial charge in [0.1, 0.15) is 0 Å². The summed E-state index contributed by atoms with van der Waals surface area (Å²) in [4.78, 5) is 0. The molecule has 0 aliphatic carbocycles. The van der Waals surface area contributed by atoms with Crippen molar-refractivity contribution in [2.24, 2.45) is 0 Å². The van der Waals surface area contributed by atoms with E-state index in [4.69, 9.17) is 0 Å². The van der Waals surface area contributed by atoms with E-state index in [1.807, 2.05) is 6.08 Å². The quantitative estimate of drug-likeness (QED) is 0.488. The monoisotopic (exact) mass is 110 g/mol. The normalized spacial score (nSPS) is 10.8. The van der Waals surface area contributed by atoms with Crippen molar-refractivity contribution in [1.29, 1.82) is 0 Å². The van der Waals surface area contributed by atoms with Gasteiger partial charge >= 0.3 is 0 Å². The molecule has 0 saturated heterocycles. The van der Waals surface area contributed by atoms with Crippen LogP contribution in [0.3, 0.4) is 0 Å². The van der Waals surface area contributed by atoms with Crippen LogP contribution >= 0.6 is 0 Å². The Labute approximate surface area is 52.6 Å². The first-order valence-electron chi connectivity index (χ1n) is 3.26. The summed E-state index contributed by atoms with van der Waals surface area (Å²) >= 11 is 0. The summed E-state index contributed by atoms with van der Waals surface area (Å²) in [6.45, 7) is 5.85. The molecule has 0 nitrogen and oxygen atoms in total. The molecule has 0 saturated carbocycles. The van der Waals surface area contributed by atoms with Gasteiger partial charge in [0.15, 0.2) is 0 Å². The van der Waals surface area contributed by atoms with Crippen LogP contribution in [0.1, 0.15) is 32.6 Å². The second kappa shape index (κ2) is 6.74. The highest BCUT2D eigenvalue weighted by Gasteiger charge is 1.75. The zero-order valence-corrected chi connectivity index (χ0v) is 5.61. The van der Waals surface area contributed by atoms with Crippen LogP contribution in [0, 0.1) is 13.0 Å². The summed E-state index contributed by atoms with van der Waals surface area (Å²) in [5, 5.41) is 0. The third-order valence-corrected chi connectivity index (χ3v) is 0.963. The molecule has 8 heavy (non-hydrogen) atoms. The molecule has 0 unspecified atom stereocenters. The number of rotatable bonds is 4. The average molecular weight is 110 g/mol. The second-order valence-corrected chi connectivity index (χ2v) is 1.80. The predicted molar refractivity (Wildman–Crippen MR) is 37.3 cm³/mol. The highest BCUT2D eigenvalue weighted by molar-refractivity contribution is 4.73. The van der Waals surface area contributed by atoms with Crippen LogP contribution < -0.4 is 0 Å². The Morgan fingerprint density at radius 3 is 2.88 bits per heavy atom. The van der Waals surface area contributed by atoms with Gasteiger partial charge in [0.2, 0.25) is 0 Å². The number of allylic oxidation sites excluding steroid dienone is 2. The summed E-state index contributed by atoms with van der Waals surface area (Å²) in [6, 6.07) is 0. The molecule has 2 radical (unpaired) electrons. The molecule has 0 amide bonds. The van der Waals surface area contributed by atoms with Gasteiger partial charge in [-0.25, -0.2) is 0 Å². The van der Waals surface area contributed by atoms with Crippen LogP contribution in [0.5, 0.6) is 0 Å². The Kier molecular flexibility index (Phi) is 6.52. The maximum absolute atomic E-state index is 3.67. The van der Waals surface area contributed by atoms with E-state index in [1.54, 1.807) is 0 Å². The maximum atomic E-state index is 3.67. The Morgan fingerprint density at radius 1 is 1.62 bits per heavy atom. The third-order valence-electron chi connectivity index (χ3n) is 0.963. The molecule has 0 aromatic carbocycles. The molecule has 0 aliphatic rings. The molecule has 0 bridgehead atoms. The summed E-state index contributed by atoms with van der Waals surface area (Å²) < 4.78 is 0. The smallest absolute Gasteiger partial charge is 0.0280 e. The van der Waals surface area contributed by atoms with Gasteiger partial charge in [-0.1, -0.05) is 19.4 Å². The first-order chi connectivity index (χ1) is 3.91. The minimum Gasteiger partial charge on any atom is -0.0811 e. The second-order valence-electron chi connectivity index (χ2n) is 1.80. The first kappa shape index (κ1) is 7.74. The molecular formula is C8H14. The molecule has 0 heteroatoms. The molecule has 0 rings (SSSR count). The minimum atomic E-state index is 0.879. The van der Waals surface area contributed by atoms with Gasteiger partial charge in [-0.3, -0.25) is 0 Å². The van der Waals surface area contributed by atoms with Gasteiger partial charge in [-0.05, 0) is 32.3 Å². The molecule has 0 spiro atoms.